The zero-order chi connectivity index (χ0) is 13.9. The van der Waals surface area contributed by atoms with Crippen LogP contribution in [0.15, 0.2) is 35.8 Å². The Hall–Kier alpha value is -2.54. The molecule has 0 radical (unpaired) electrons. The minimum absolute atomic E-state index is 0.0614. The smallest absolute Gasteiger partial charge is 0.177 e. The first-order valence-corrected chi connectivity index (χ1v) is 7.33. The molecular formula is C14H6N4S2. The first-order chi connectivity index (χ1) is 9.81. The van der Waals surface area contributed by atoms with E-state index in [0.29, 0.717) is 5.69 Å². The van der Waals surface area contributed by atoms with E-state index in [-0.39, 0.29) is 11.4 Å². The molecule has 0 unspecified atom stereocenters. The van der Waals surface area contributed by atoms with Crippen molar-refractivity contribution >= 4 is 22.7 Å². The van der Waals surface area contributed by atoms with E-state index in [9.17, 15) is 0 Å². The normalized spacial score (nSPS) is 9.90. The highest BCUT2D eigenvalue weighted by Crippen LogP contribution is 2.35. The first kappa shape index (κ1) is 12.5. The van der Waals surface area contributed by atoms with Crippen LogP contribution in [-0.2, 0) is 0 Å². The fourth-order valence-electron chi connectivity index (χ4n) is 1.69. The summed E-state index contributed by atoms with van der Waals surface area (Å²) in [7, 11) is 0. The second kappa shape index (κ2) is 5.22. The van der Waals surface area contributed by atoms with Gasteiger partial charge in [0, 0.05) is 9.75 Å². The van der Waals surface area contributed by atoms with Gasteiger partial charge in [-0.15, -0.1) is 22.7 Å². The van der Waals surface area contributed by atoms with Gasteiger partial charge in [0.15, 0.2) is 11.4 Å². The maximum atomic E-state index is 8.98. The van der Waals surface area contributed by atoms with Crippen LogP contribution in [0.4, 0.5) is 0 Å². The topological polar surface area (TPSA) is 73.4 Å². The van der Waals surface area contributed by atoms with Crippen molar-refractivity contribution in [2.24, 2.45) is 0 Å². The molecule has 0 aromatic carbocycles. The number of hydrogen-bond donors (Lipinski definition) is 0. The molecule has 0 N–H and O–H groups in total. The van der Waals surface area contributed by atoms with Crippen LogP contribution in [0.2, 0.25) is 0 Å². The third kappa shape index (κ3) is 2.19. The monoisotopic (exact) mass is 294 g/mol. The van der Waals surface area contributed by atoms with Gasteiger partial charge in [0.2, 0.25) is 0 Å². The molecule has 3 aromatic rings. The van der Waals surface area contributed by atoms with Crippen LogP contribution < -0.4 is 0 Å². The lowest BCUT2D eigenvalue weighted by atomic mass is 10.3. The molecule has 0 atom stereocenters. The SMILES string of the molecule is N#Cc1ncc(-c2ccc(-c3cccs3)s2)nc1C#N. The second-order valence-corrected chi connectivity index (χ2v) is 5.85. The van der Waals surface area contributed by atoms with E-state index in [4.69, 9.17) is 10.5 Å². The highest BCUT2D eigenvalue weighted by Gasteiger charge is 2.11. The Balaban J connectivity index is 2.03. The first-order valence-electron chi connectivity index (χ1n) is 5.63. The lowest BCUT2D eigenvalue weighted by molar-refractivity contribution is 1.14. The number of nitrogens with zero attached hydrogens (tertiary/aromatic N) is 4. The van der Waals surface area contributed by atoms with Gasteiger partial charge in [-0.1, -0.05) is 6.07 Å². The van der Waals surface area contributed by atoms with E-state index < -0.39 is 0 Å². The molecule has 0 fully saturated rings. The summed E-state index contributed by atoms with van der Waals surface area (Å²) in [6.07, 6.45) is 1.53. The average Bonchev–Trinajstić information content (AvgIpc) is 3.16. The standard InChI is InChI=1S/C14H6N4S2/c15-6-9-10(7-16)18-11(8-17-9)12-3-4-14(20-12)13-2-1-5-19-13/h1-5,8H. The number of aromatic nitrogens is 2. The molecule has 0 aliphatic rings. The Morgan fingerprint density at radius 1 is 0.950 bits per heavy atom. The highest BCUT2D eigenvalue weighted by atomic mass is 32.1. The Bertz CT molecular complexity index is 835. The molecular weight excluding hydrogens is 288 g/mol. The molecule has 0 saturated heterocycles. The maximum absolute atomic E-state index is 8.98. The maximum Gasteiger partial charge on any atom is 0.177 e. The van der Waals surface area contributed by atoms with Gasteiger partial charge in [0.05, 0.1) is 11.1 Å². The van der Waals surface area contributed by atoms with Crippen LogP contribution in [0.25, 0.3) is 20.3 Å². The minimum atomic E-state index is 0.0614. The summed E-state index contributed by atoms with van der Waals surface area (Å²) in [5.74, 6) is 0. The zero-order valence-corrected chi connectivity index (χ0v) is 11.7. The van der Waals surface area contributed by atoms with Crippen LogP contribution in [0, 0.1) is 22.7 Å². The quantitative estimate of drug-likeness (QED) is 0.722. The molecule has 3 rings (SSSR count). The molecule has 0 aliphatic carbocycles. The van der Waals surface area contributed by atoms with E-state index in [1.54, 1.807) is 22.7 Å². The number of nitriles is 2. The average molecular weight is 294 g/mol. The summed E-state index contributed by atoms with van der Waals surface area (Å²) < 4.78 is 0. The van der Waals surface area contributed by atoms with E-state index in [0.717, 1.165) is 9.75 Å². The predicted molar refractivity (Wildman–Crippen MR) is 78.1 cm³/mol. The molecule has 3 heterocycles. The fraction of sp³-hybridized carbons (Fsp3) is 0. The van der Waals surface area contributed by atoms with E-state index in [1.165, 1.54) is 11.1 Å². The largest absolute Gasteiger partial charge is 0.240 e. The van der Waals surface area contributed by atoms with Gasteiger partial charge < -0.3 is 0 Å². The molecule has 0 aliphatic heterocycles. The van der Waals surface area contributed by atoms with E-state index >= 15 is 0 Å². The fourth-order valence-corrected chi connectivity index (χ4v) is 3.49. The summed E-state index contributed by atoms with van der Waals surface area (Å²) in [6, 6.07) is 11.8. The van der Waals surface area contributed by atoms with Crippen LogP contribution in [0.1, 0.15) is 11.4 Å². The summed E-state index contributed by atoms with van der Waals surface area (Å²) in [5, 5.41) is 19.9. The Morgan fingerprint density at radius 2 is 1.75 bits per heavy atom. The van der Waals surface area contributed by atoms with Crippen molar-refractivity contribution in [2.75, 3.05) is 0 Å². The molecule has 20 heavy (non-hydrogen) atoms. The summed E-state index contributed by atoms with van der Waals surface area (Å²) in [6.45, 7) is 0. The summed E-state index contributed by atoms with van der Waals surface area (Å²) >= 11 is 3.27. The van der Waals surface area contributed by atoms with Crippen molar-refractivity contribution in [1.82, 2.24) is 9.97 Å². The van der Waals surface area contributed by atoms with Gasteiger partial charge >= 0.3 is 0 Å². The highest BCUT2D eigenvalue weighted by molar-refractivity contribution is 7.23. The molecule has 0 saturated carbocycles. The molecule has 94 valence electrons. The number of hydrogen-bond acceptors (Lipinski definition) is 6. The Labute approximate surface area is 123 Å². The van der Waals surface area contributed by atoms with Crippen molar-refractivity contribution in [1.29, 1.82) is 10.5 Å². The van der Waals surface area contributed by atoms with Gasteiger partial charge in [-0.25, -0.2) is 9.97 Å². The number of rotatable bonds is 2. The van der Waals surface area contributed by atoms with Crippen molar-refractivity contribution in [3.8, 4) is 32.5 Å². The minimum Gasteiger partial charge on any atom is -0.240 e. The van der Waals surface area contributed by atoms with Crippen molar-refractivity contribution in [3.05, 3.63) is 47.2 Å². The predicted octanol–water partition coefficient (Wildman–Crippen LogP) is 3.68. The third-order valence-electron chi connectivity index (χ3n) is 2.61. The van der Waals surface area contributed by atoms with Gasteiger partial charge in [-0.3, -0.25) is 0 Å². The van der Waals surface area contributed by atoms with E-state index in [1.807, 2.05) is 35.7 Å². The molecule has 0 spiro atoms. The molecule has 3 aromatic heterocycles. The van der Waals surface area contributed by atoms with Crippen LogP contribution in [0.5, 0.6) is 0 Å². The summed E-state index contributed by atoms with van der Waals surface area (Å²) in [4.78, 5) is 11.5. The van der Waals surface area contributed by atoms with Crippen molar-refractivity contribution in [3.63, 3.8) is 0 Å². The second-order valence-electron chi connectivity index (χ2n) is 3.82. The lowest BCUT2D eigenvalue weighted by Gasteiger charge is -1.97. The Kier molecular flexibility index (Phi) is 3.26. The molecule has 0 bridgehead atoms. The molecule has 6 heteroatoms. The van der Waals surface area contributed by atoms with Gasteiger partial charge in [-0.2, -0.15) is 10.5 Å². The van der Waals surface area contributed by atoms with Crippen LogP contribution in [0.3, 0.4) is 0 Å². The van der Waals surface area contributed by atoms with Crippen LogP contribution in [-0.4, -0.2) is 9.97 Å². The Morgan fingerprint density at radius 3 is 2.45 bits per heavy atom. The van der Waals surface area contributed by atoms with E-state index in [2.05, 4.69) is 16.0 Å². The van der Waals surface area contributed by atoms with Gasteiger partial charge in [0.1, 0.15) is 17.8 Å². The zero-order valence-electron chi connectivity index (χ0n) is 10.1. The third-order valence-corrected chi connectivity index (χ3v) is 4.78. The van der Waals surface area contributed by atoms with Crippen LogP contribution >= 0.6 is 22.7 Å². The van der Waals surface area contributed by atoms with Crippen molar-refractivity contribution in [2.45, 2.75) is 0 Å². The molecule has 4 nitrogen and oxygen atoms in total. The molecule has 0 amide bonds. The van der Waals surface area contributed by atoms with Gasteiger partial charge in [-0.05, 0) is 23.6 Å². The van der Waals surface area contributed by atoms with Gasteiger partial charge in [0.25, 0.3) is 0 Å². The number of thiophene rings is 2. The summed E-state index contributed by atoms with van der Waals surface area (Å²) in [5.41, 5.74) is 0.746. The lowest BCUT2D eigenvalue weighted by Crippen LogP contribution is -1.94. The van der Waals surface area contributed by atoms with Crippen molar-refractivity contribution < 1.29 is 0 Å².